The highest BCUT2D eigenvalue weighted by Gasteiger charge is 2.22. The second-order valence-electron chi connectivity index (χ2n) is 3.32. The van der Waals surface area contributed by atoms with Gasteiger partial charge in [-0.2, -0.15) is 0 Å². The van der Waals surface area contributed by atoms with Gasteiger partial charge in [0.05, 0.1) is 12.8 Å². The van der Waals surface area contributed by atoms with Crippen LogP contribution in [0, 0.1) is 0 Å². The molecule has 1 aromatic rings. The first-order valence-electron chi connectivity index (χ1n) is 4.77. The lowest BCUT2D eigenvalue weighted by Gasteiger charge is -2.06. The number of methoxy groups -OCH3 is 1. The van der Waals surface area contributed by atoms with Gasteiger partial charge in [0.15, 0.2) is 0 Å². The van der Waals surface area contributed by atoms with Crippen LogP contribution in [0.3, 0.4) is 0 Å². The fourth-order valence-corrected chi connectivity index (χ4v) is 1.90. The van der Waals surface area contributed by atoms with Gasteiger partial charge < -0.3 is 9.57 Å². The fourth-order valence-electron chi connectivity index (χ4n) is 1.55. The van der Waals surface area contributed by atoms with Crippen molar-refractivity contribution in [1.82, 2.24) is 0 Å². The Morgan fingerprint density at radius 2 is 2.33 bits per heavy atom. The van der Waals surface area contributed by atoms with Crippen LogP contribution in [-0.4, -0.2) is 24.3 Å². The van der Waals surface area contributed by atoms with Gasteiger partial charge in [-0.25, -0.2) is 0 Å². The highest BCUT2D eigenvalue weighted by molar-refractivity contribution is 9.09. The Morgan fingerprint density at radius 3 is 3.00 bits per heavy atom. The average molecular weight is 270 g/mol. The van der Waals surface area contributed by atoms with Crippen molar-refractivity contribution in [2.45, 2.75) is 12.5 Å². The van der Waals surface area contributed by atoms with Gasteiger partial charge in [-0.1, -0.05) is 33.2 Å². The molecule has 1 aliphatic heterocycles. The van der Waals surface area contributed by atoms with Gasteiger partial charge in [0.25, 0.3) is 0 Å². The highest BCUT2D eigenvalue weighted by atomic mass is 79.9. The number of ether oxygens (including phenoxy) is 1. The van der Waals surface area contributed by atoms with E-state index < -0.39 is 0 Å². The Morgan fingerprint density at radius 1 is 1.53 bits per heavy atom. The zero-order valence-electron chi connectivity index (χ0n) is 8.44. The maximum absolute atomic E-state index is 5.28. The number of rotatable bonds is 3. The quantitative estimate of drug-likeness (QED) is 0.790. The molecule has 4 heteroatoms. The monoisotopic (exact) mass is 269 g/mol. The molecule has 0 aliphatic carbocycles. The minimum absolute atomic E-state index is 0.143. The summed E-state index contributed by atoms with van der Waals surface area (Å²) in [6.07, 6.45) is 0.968. The topological polar surface area (TPSA) is 30.8 Å². The second kappa shape index (κ2) is 4.66. The predicted molar refractivity (Wildman–Crippen MR) is 62.8 cm³/mol. The van der Waals surface area contributed by atoms with Gasteiger partial charge in [0.2, 0.25) is 0 Å². The summed E-state index contributed by atoms with van der Waals surface area (Å²) in [5.74, 6) is 0.843. The van der Waals surface area contributed by atoms with E-state index in [1.165, 1.54) is 0 Å². The average Bonchev–Trinajstić information content (AvgIpc) is 2.77. The minimum Gasteiger partial charge on any atom is -0.496 e. The third kappa shape index (κ3) is 2.15. The van der Waals surface area contributed by atoms with Gasteiger partial charge in [-0.15, -0.1) is 0 Å². The molecule has 0 fully saturated rings. The summed E-state index contributed by atoms with van der Waals surface area (Å²) in [6, 6.07) is 7.85. The van der Waals surface area contributed by atoms with E-state index in [1.54, 1.807) is 7.11 Å². The molecule has 1 aromatic carbocycles. The number of hydrogen-bond acceptors (Lipinski definition) is 3. The Bertz CT molecular complexity index is 379. The molecule has 1 heterocycles. The molecular weight excluding hydrogens is 258 g/mol. The van der Waals surface area contributed by atoms with Gasteiger partial charge in [-0.05, 0) is 12.1 Å². The van der Waals surface area contributed by atoms with Crippen LogP contribution in [0.1, 0.15) is 12.0 Å². The maximum atomic E-state index is 5.28. The largest absolute Gasteiger partial charge is 0.496 e. The second-order valence-corrected chi connectivity index (χ2v) is 3.97. The van der Waals surface area contributed by atoms with E-state index in [0.717, 1.165) is 28.8 Å². The van der Waals surface area contributed by atoms with E-state index in [9.17, 15) is 0 Å². The van der Waals surface area contributed by atoms with Gasteiger partial charge in [-0.3, -0.25) is 0 Å². The Kier molecular flexibility index (Phi) is 3.26. The van der Waals surface area contributed by atoms with Gasteiger partial charge in [0.1, 0.15) is 11.9 Å². The number of para-hydroxylation sites is 1. The van der Waals surface area contributed by atoms with Crippen LogP contribution >= 0.6 is 15.9 Å². The summed E-state index contributed by atoms with van der Waals surface area (Å²) in [5.41, 5.74) is 1.97. The standard InChI is InChI=1S/C11H12BrNO2/c1-14-11-5-3-2-4-9(11)10-6-8(7-12)15-13-10/h2-5,8H,6-7H2,1H3/t8-/m0/s1. The van der Waals surface area contributed by atoms with Gasteiger partial charge in [0, 0.05) is 17.3 Å². The van der Waals surface area contributed by atoms with Crippen molar-refractivity contribution >= 4 is 21.6 Å². The molecule has 0 amide bonds. The minimum atomic E-state index is 0.143. The normalized spacial score (nSPS) is 19.6. The van der Waals surface area contributed by atoms with E-state index in [1.807, 2.05) is 24.3 Å². The molecular formula is C11H12BrNO2. The third-order valence-electron chi connectivity index (χ3n) is 2.32. The van der Waals surface area contributed by atoms with E-state index in [0.29, 0.717) is 0 Å². The highest BCUT2D eigenvalue weighted by Crippen LogP contribution is 2.24. The number of alkyl halides is 1. The lowest BCUT2D eigenvalue weighted by Crippen LogP contribution is -2.09. The first-order valence-corrected chi connectivity index (χ1v) is 5.89. The van der Waals surface area contributed by atoms with E-state index in [-0.39, 0.29) is 6.10 Å². The fraction of sp³-hybridized carbons (Fsp3) is 0.364. The molecule has 80 valence electrons. The lowest BCUT2D eigenvalue weighted by atomic mass is 10.0. The molecule has 0 saturated heterocycles. The molecule has 15 heavy (non-hydrogen) atoms. The van der Waals surface area contributed by atoms with Crippen molar-refractivity contribution in [2.24, 2.45) is 5.16 Å². The van der Waals surface area contributed by atoms with Crippen molar-refractivity contribution in [1.29, 1.82) is 0 Å². The molecule has 0 bridgehead atoms. The molecule has 0 radical (unpaired) electrons. The Labute approximate surface area is 97.2 Å². The maximum Gasteiger partial charge on any atom is 0.142 e. The van der Waals surface area contributed by atoms with E-state index in [4.69, 9.17) is 9.57 Å². The zero-order valence-corrected chi connectivity index (χ0v) is 10.0. The third-order valence-corrected chi connectivity index (χ3v) is 3.05. The first-order chi connectivity index (χ1) is 7.35. The molecule has 0 aromatic heterocycles. The molecule has 0 saturated carbocycles. The molecule has 0 spiro atoms. The van der Waals surface area contributed by atoms with Crippen LogP contribution in [0.4, 0.5) is 0 Å². The van der Waals surface area contributed by atoms with Gasteiger partial charge >= 0.3 is 0 Å². The van der Waals surface area contributed by atoms with Crippen molar-refractivity contribution in [2.75, 3.05) is 12.4 Å². The Balaban J connectivity index is 2.23. The van der Waals surface area contributed by atoms with Crippen LogP contribution in [0.2, 0.25) is 0 Å². The lowest BCUT2D eigenvalue weighted by molar-refractivity contribution is 0.104. The summed E-state index contributed by atoms with van der Waals surface area (Å²) >= 11 is 3.38. The molecule has 1 aliphatic rings. The summed E-state index contributed by atoms with van der Waals surface area (Å²) in [5, 5.41) is 4.87. The SMILES string of the molecule is COc1ccccc1C1=NO[C@H](CBr)C1. The number of oxime groups is 1. The smallest absolute Gasteiger partial charge is 0.142 e. The van der Waals surface area contributed by atoms with Crippen LogP contribution in [0.15, 0.2) is 29.4 Å². The number of benzene rings is 1. The summed E-state index contributed by atoms with van der Waals surface area (Å²) < 4.78 is 5.28. The summed E-state index contributed by atoms with van der Waals surface area (Å²) in [6.45, 7) is 0. The molecule has 0 N–H and O–H groups in total. The first kappa shape index (κ1) is 10.5. The van der Waals surface area contributed by atoms with Crippen LogP contribution in [0.5, 0.6) is 5.75 Å². The molecule has 0 unspecified atom stereocenters. The molecule has 2 rings (SSSR count). The number of halogens is 1. The van der Waals surface area contributed by atoms with E-state index in [2.05, 4.69) is 21.1 Å². The van der Waals surface area contributed by atoms with Crippen molar-refractivity contribution in [3.8, 4) is 5.75 Å². The summed E-state index contributed by atoms with van der Waals surface area (Å²) in [7, 11) is 1.66. The number of hydrogen-bond donors (Lipinski definition) is 0. The van der Waals surface area contributed by atoms with Crippen molar-refractivity contribution in [3.05, 3.63) is 29.8 Å². The predicted octanol–water partition coefficient (Wildman–Crippen LogP) is 2.58. The van der Waals surface area contributed by atoms with Crippen LogP contribution in [-0.2, 0) is 4.84 Å². The van der Waals surface area contributed by atoms with Crippen LogP contribution < -0.4 is 4.74 Å². The summed E-state index contributed by atoms with van der Waals surface area (Å²) in [4.78, 5) is 5.25. The van der Waals surface area contributed by atoms with Crippen molar-refractivity contribution in [3.63, 3.8) is 0 Å². The molecule has 1 atom stereocenters. The zero-order chi connectivity index (χ0) is 10.7. The van der Waals surface area contributed by atoms with E-state index >= 15 is 0 Å². The van der Waals surface area contributed by atoms with Crippen molar-refractivity contribution < 1.29 is 9.57 Å². The number of nitrogens with zero attached hydrogens (tertiary/aromatic N) is 1. The Hall–Kier alpha value is -1.03. The van der Waals surface area contributed by atoms with Crippen LogP contribution in [0.25, 0.3) is 0 Å². The molecule has 3 nitrogen and oxygen atoms in total.